The van der Waals surface area contributed by atoms with Crippen LogP contribution < -0.4 is 5.73 Å². The van der Waals surface area contributed by atoms with Crippen LogP contribution in [0.3, 0.4) is 0 Å². The van der Waals surface area contributed by atoms with Gasteiger partial charge in [0.05, 0.1) is 0 Å². The van der Waals surface area contributed by atoms with Gasteiger partial charge in [-0.1, -0.05) is 0 Å². The highest BCUT2D eigenvalue weighted by Crippen LogP contribution is 2.32. The maximum absolute atomic E-state index is 13.0. The van der Waals surface area contributed by atoms with E-state index in [0.717, 1.165) is 12.8 Å². The molecule has 0 aliphatic heterocycles. The van der Waals surface area contributed by atoms with E-state index >= 15 is 0 Å². The van der Waals surface area contributed by atoms with E-state index in [1.807, 2.05) is 0 Å². The number of nitrogens with two attached hydrogens (primary N) is 1. The summed E-state index contributed by atoms with van der Waals surface area (Å²) in [5.74, 6) is 0.321. The number of halogens is 1. The molecular formula is C12H13FN2O. The summed E-state index contributed by atoms with van der Waals surface area (Å²) < 4.78 is 18.5. The van der Waals surface area contributed by atoms with Gasteiger partial charge in [0, 0.05) is 18.0 Å². The summed E-state index contributed by atoms with van der Waals surface area (Å²) >= 11 is 0. The molecule has 0 radical (unpaired) electrons. The molecule has 2 aromatic rings. The van der Waals surface area contributed by atoms with Gasteiger partial charge in [0.1, 0.15) is 11.3 Å². The number of aromatic nitrogens is 1. The van der Waals surface area contributed by atoms with Crippen LogP contribution in [0.1, 0.15) is 25.2 Å². The zero-order valence-corrected chi connectivity index (χ0v) is 8.87. The first-order valence-electron chi connectivity index (χ1n) is 5.49. The molecule has 0 saturated heterocycles. The Bertz CT molecular complexity index is 531. The number of fused-ring (bicyclic) bond motifs is 1. The van der Waals surface area contributed by atoms with Crippen LogP contribution in [-0.2, 0) is 6.42 Å². The number of nitrogens with zero attached hydrogens (tertiary/aromatic N) is 1. The first kappa shape index (κ1) is 9.78. The molecule has 1 aliphatic rings. The Morgan fingerprint density at radius 2 is 2.25 bits per heavy atom. The molecule has 84 valence electrons. The Kier molecular flexibility index (Phi) is 2.01. The summed E-state index contributed by atoms with van der Waals surface area (Å²) in [6, 6.07) is 4.36. The van der Waals surface area contributed by atoms with Gasteiger partial charge >= 0.3 is 0 Å². The van der Waals surface area contributed by atoms with Crippen molar-refractivity contribution in [2.45, 2.75) is 31.2 Å². The second kappa shape index (κ2) is 3.28. The van der Waals surface area contributed by atoms with E-state index < -0.39 is 0 Å². The maximum atomic E-state index is 13.0. The molecule has 4 heteroatoms. The van der Waals surface area contributed by atoms with E-state index in [1.165, 1.54) is 18.6 Å². The number of hydrogen-bond donors (Lipinski definition) is 1. The largest absolute Gasteiger partial charge is 0.441 e. The lowest BCUT2D eigenvalue weighted by atomic mass is 9.75. The minimum Gasteiger partial charge on any atom is -0.441 e. The molecule has 1 aromatic heterocycles. The zero-order chi connectivity index (χ0) is 11.2. The highest BCUT2D eigenvalue weighted by molar-refractivity contribution is 5.72. The van der Waals surface area contributed by atoms with Crippen LogP contribution >= 0.6 is 0 Å². The summed E-state index contributed by atoms with van der Waals surface area (Å²) in [6.45, 7) is 0. The second-order valence-electron chi connectivity index (χ2n) is 4.61. The SMILES string of the molecule is NC1(Cc2nc3cc(F)ccc3o2)CCC1. The van der Waals surface area contributed by atoms with Gasteiger partial charge in [-0.3, -0.25) is 0 Å². The van der Waals surface area contributed by atoms with Gasteiger partial charge in [-0.15, -0.1) is 0 Å². The van der Waals surface area contributed by atoms with Crippen molar-refractivity contribution >= 4 is 11.1 Å². The van der Waals surface area contributed by atoms with Crippen molar-refractivity contribution in [2.24, 2.45) is 5.73 Å². The fourth-order valence-electron chi connectivity index (χ4n) is 2.13. The molecular weight excluding hydrogens is 207 g/mol. The van der Waals surface area contributed by atoms with Crippen LogP contribution in [0.5, 0.6) is 0 Å². The molecule has 1 aromatic carbocycles. The number of hydrogen-bond acceptors (Lipinski definition) is 3. The topological polar surface area (TPSA) is 52.0 Å². The van der Waals surface area contributed by atoms with Crippen molar-refractivity contribution < 1.29 is 8.81 Å². The molecule has 0 unspecified atom stereocenters. The van der Waals surface area contributed by atoms with Crippen LogP contribution in [0.2, 0.25) is 0 Å². The summed E-state index contributed by atoms with van der Waals surface area (Å²) in [5.41, 5.74) is 7.15. The predicted molar refractivity (Wildman–Crippen MR) is 58.4 cm³/mol. The summed E-state index contributed by atoms with van der Waals surface area (Å²) in [7, 11) is 0. The van der Waals surface area contributed by atoms with E-state index in [-0.39, 0.29) is 11.4 Å². The average molecular weight is 220 g/mol. The lowest BCUT2D eigenvalue weighted by Crippen LogP contribution is -2.48. The van der Waals surface area contributed by atoms with E-state index in [2.05, 4.69) is 4.98 Å². The number of rotatable bonds is 2. The van der Waals surface area contributed by atoms with Gasteiger partial charge in [-0.05, 0) is 31.4 Å². The minimum atomic E-state index is -0.293. The summed E-state index contributed by atoms with van der Waals surface area (Å²) in [4.78, 5) is 4.25. The Balaban J connectivity index is 1.93. The van der Waals surface area contributed by atoms with Crippen molar-refractivity contribution in [1.82, 2.24) is 4.98 Å². The highest BCUT2D eigenvalue weighted by atomic mass is 19.1. The molecule has 0 bridgehead atoms. The Hall–Kier alpha value is -1.42. The smallest absolute Gasteiger partial charge is 0.197 e. The Morgan fingerprint density at radius 3 is 2.94 bits per heavy atom. The summed E-state index contributed by atoms with van der Waals surface area (Å²) in [6.07, 6.45) is 3.84. The van der Waals surface area contributed by atoms with Crippen LogP contribution in [0.4, 0.5) is 4.39 Å². The normalized spacial score (nSPS) is 18.6. The third-order valence-corrected chi connectivity index (χ3v) is 3.25. The van der Waals surface area contributed by atoms with Crippen molar-refractivity contribution in [1.29, 1.82) is 0 Å². The molecule has 0 spiro atoms. The molecule has 0 atom stereocenters. The molecule has 0 amide bonds. The molecule has 3 rings (SSSR count). The van der Waals surface area contributed by atoms with Crippen LogP contribution in [0, 0.1) is 5.82 Å². The summed E-state index contributed by atoms with van der Waals surface area (Å²) in [5, 5.41) is 0. The lowest BCUT2D eigenvalue weighted by molar-refractivity contribution is 0.232. The lowest BCUT2D eigenvalue weighted by Gasteiger charge is -2.36. The van der Waals surface area contributed by atoms with Gasteiger partial charge in [-0.2, -0.15) is 0 Å². The third kappa shape index (κ3) is 1.59. The second-order valence-corrected chi connectivity index (χ2v) is 4.61. The fourth-order valence-corrected chi connectivity index (χ4v) is 2.13. The highest BCUT2D eigenvalue weighted by Gasteiger charge is 2.34. The molecule has 1 heterocycles. The molecule has 2 N–H and O–H groups in total. The van der Waals surface area contributed by atoms with Crippen molar-refractivity contribution in [3.8, 4) is 0 Å². The minimum absolute atomic E-state index is 0.153. The molecule has 1 aliphatic carbocycles. The third-order valence-electron chi connectivity index (χ3n) is 3.25. The van der Waals surface area contributed by atoms with Gasteiger partial charge in [0.2, 0.25) is 0 Å². The first-order chi connectivity index (χ1) is 7.65. The maximum Gasteiger partial charge on any atom is 0.197 e. The van der Waals surface area contributed by atoms with Crippen LogP contribution in [0.15, 0.2) is 22.6 Å². The van der Waals surface area contributed by atoms with E-state index in [0.29, 0.717) is 23.4 Å². The van der Waals surface area contributed by atoms with E-state index in [9.17, 15) is 4.39 Å². The quantitative estimate of drug-likeness (QED) is 0.845. The first-order valence-corrected chi connectivity index (χ1v) is 5.49. The van der Waals surface area contributed by atoms with Crippen molar-refractivity contribution in [3.05, 3.63) is 29.9 Å². The van der Waals surface area contributed by atoms with Crippen LogP contribution in [0.25, 0.3) is 11.1 Å². The molecule has 1 fully saturated rings. The van der Waals surface area contributed by atoms with Gasteiger partial charge in [0.25, 0.3) is 0 Å². The Morgan fingerprint density at radius 1 is 1.44 bits per heavy atom. The molecule has 1 saturated carbocycles. The Labute approximate surface area is 92.5 Å². The molecule has 16 heavy (non-hydrogen) atoms. The number of oxazole rings is 1. The standard InChI is InChI=1S/C12H13FN2O/c13-8-2-3-10-9(6-8)15-11(16-10)7-12(14)4-1-5-12/h2-3,6H,1,4-5,7,14H2. The van der Waals surface area contributed by atoms with Gasteiger partial charge in [-0.25, -0.2) is 9.37 Å². The van der Waals surface area contributed by atoms with Crippen LogP contribution in [-0.4, -0.2) is 10.5 Å². The molecule has 3 nitrogen and oxygen atoms in total. The van der Waals surface area contributed by atoms with Crippen molar-refractivity contribution in [2.75, 3.05) is 0 Å². The zero-order valence-electron chi connectivity index (χ0n) is 8.87. The predicted octanol–water partition coefficient (Wildman–Crippen LogP) is 2.39. The van der Waals surface area contributed by atoms with E-state index in [1.54, 1.807) is 6.07 Å². The van der Waals surface area contributed by atoms with Gasteiger partial charge < -0.3 is 10.2 Å². The monoisotopic (exact) mass is 220 g/mol. The van der Waals surface area contributed by atoms with Crippen molar-refractivity contribution in [3.63, 3.8) is 0 Å². The fraction of sp³-hybridized carbons (Fsp3) is 0.417. The van der Waals surface area contributed by atoms with Gasteiger partial charge in [0.15, 0.2) is 11.5 Å². The average Bonchev–Trinajstić information content (AvgIpc) is 2.56. The number of benzene rings is 1. The van der Waals surface area contributed by atoms with E-state index in [4.69, 9.17) is 10.2 Å².